The van der Waals surface area contributed by atoms with Crippen molar-refractivity contribution in [2.75, 3.05) is 0 Å². The van der Waals surface area contributed by atoms with Crippen LogP contribution in [0.4, 0.5) is 0 Å². The van der Waals surface area contributed by atoms with Crippen molar-refractivity contribution in [2.45, 2.75) is 20.0 Å². The molecule has 0 unspecified atom stereocenters. The summed E-state index contributed by atoms with van der Waals surface area (Å²) in [7, 11) is 0. The predicted molar refractivity (Wildman–Crippen MR) is 67.3 cm³/mol. The first-order valence-corrected chi connectivity index (χ1v) is 6.30. The van der Waals surface area contributed by atoms with Crippen LogP contribution in [0.5, 0.6) is 5.75 Å². The van der Waals surface area contributed by atoms with Gasteiger partial charge in [-0.1, -0.05) is 18.5 Å². The zero-order chi connectivity index (χ0) is 11.4. The Balaban J connectivity index is 1.99. The predicted octanol–water partition coefficient (Wildman–Crippen LogP) is 3.94. The standard InChI is InChI=1S/C12H12ClNOS/c1-2-9-5-6-10(16-9)8-15-11-4-3-7-14-12(11)13/h3-7H,2,8H2,1H3. The Labute approximate surface area is 104 Å². The number of halogens is 1. The first-order chi connectivity index (χ1) is 7.79. The van der Waals surface area contributed by atoms with Crippen molar-refractivity contribution in [3.8, 4) is 5.75 Å². The number of pyridine rings is 1. The van der Waals surface area contributed by atoms with Gasteiger partial charge in [-0.25, -0.2) is 4.98 Å². The molecule has 2 heterocycles. The highest BCUT2D eigenvalue weighted by atomic mass is 35.5. The van der Waals surface area contributed by atoms with Crippen molar-refractivity contribution in [3.05, 3.63) is 45.4 Å². The number of hydrogen-bond donors (Lipinski definition) is 0. The van der Waals surface area contributed by atoms with E-state index in [0.29, 0.717) is 17.5 Å². The summed E-state index contributed by atoms with van der Waals surface area (Å²) in [6.07, 6.45) is 2.72. The second-order valence-electron chi connectivity index (χ2n) is 3.30. The molecule has 0 aliphatic carbocycles. The molecule has 0 radical (unpaired) electrons. The van der Waals surface area contributed by atoms with Gasteiger partial charge in [0.15, 0.2) is 10.9 Å². The maximum atomic E-state index is 5.89. The quantitative estimate of drug-likeness (QED) is 0.770. The fraction of sp³-hybridized carbons (Fsp3) is 0.250. The molecule has 0 spiro atoms. The maximum Gasteiger partial charge on any atom is 0.171 e. The van der Waals surface area contributed by atoms with Crippen LogP contribution in [0.25, 0.3) is 0 Å². The minimum Gasteiger partial charge on any atom is -0.485 e. The fourth-order valence-electron chi connectivity index (χ4n) is 1.32. The number of aryl methyl sites for hydroxylation is 1. The molecule has 2 aromatic rings. The molecular weight excluding hydrogens is 242 g/mol. The van der Waals surface area contributed by atoms with E-state index < -0.39 is 0 Å². The Morgan fingerprint density at radius 2 is 2.12 bits per heavy atom. The summed E-state index contributed by atoms with van der Waals surface area (Å²) in [6.45, 7) is 2.70. The Kier molecular flexibility index (Phi) is 3.80. The third-order valence-electron chi connectivity index (χ3n) is 2.16. The molecule has 4 heteroatoms. The zero-order valence-electron chi connectivity index (χ0n) is 8.94. The summed E-state index contributed by atoms with van der Waals surface area (Å²) in [6, 6.07) is 7.86. The van der Waals surface area contributed by atoms with Crippen molar-refractivity contribution >= 4 is 22.9 Å². The molecule has 0 saturated heterocycles. The summed E-state index contributed by atoms with van der Waals surface area (Å²) in [5.41, 5.74) is 0. The second kappa shape index (κ2) is 5.32. The molecule has 0 amide bonds. The number of rotatable bonds is 4. The second-order valence-corrected chi connectivity index (χ2v) is 4.91. The van der Waals surface area contributed by atoms with E-state index in [1.54, 1.807) is 17.5 Å². The van der Waals surface area contributed by atoms with E-state index in [2.05, 4.69) is 24.0 Å². The van der Waals surface area contributed by atoms with Gasteiger partial charge in [0, 0.05) is 16.0 Å². The van der Waals surface area contributed by atoms with Crippen molar-refractivity contribution in [1.82, 2.24) is 4.98 Å². The summed E-state index contributed by atoms with van der Waals surface area (Å²) in [4.78, 5) is 6.53. The first kappa shape index (κ1) is 11.4. The Morgan fingerprint density at radius 1 is 1.31 bits per heavy atom. The lowest BCUT2D eigenvalue weighted by atomic mass is 10.4. The number of aromatic nitrogens is 1. The molecule has 2 nitrogen and oxygen atoms in total. The van der Waals surface area contributed by atoms with E-state index in [-0.39, 0.29) is 0 Å². The van der Waals surface area contributed by atoms with E-state index in [1.807, 2.05) is 12.1 Å². The van der Waals surface area contributed by atoms with Crippen LogP contribution in [0.3, 0.4) is 0 Å². The van der Waals surface area contributed by atoms with Gasteiger partial charge in [0.25, 0.3) is 0 Å². The third-order valence-corrected chi connectivity index (χ3v) is 3.65. The molecule has 0 aromatic carbocycles. The van der Waals surface area contributed by atoms with Crippen molar-refractivity contribution in [2.24, 2.45) is 0 Å². The van der Waals surface area contributed by atoms with Crippen molar-refractivity contribution in [3.63, 3.8) is 0 Å². The number of ether oxygens (including phenoxy) is 1. The highest BCUT2D eigenvalue weighted by molar-refractivity contribution is 7.11. The molecule has 0 aliphatic rings. The molecule has 0 saturated carbocycles. The van der Waals surface area contributed by atoms with Crippen LogP contribution in [0.1, 0.15) is 16.7 Å². The smallest absolute Gasteiger partial charge is 0.171 e. The molecule has 0 atom stereocenters. The minimum absolute atomic E-state index is 0.412. The lowest BCUT2D eigenvalue weighted by molar-refractivity contribution is 0.309. The molecule has 0 fully saturated rings. The molecule has 2 rings (SSSR count). The van der Waals surface area contributed by atoms with Gasteiger partial charge in [0.1, 0.15) is 6.61 Å². The summed E-state index contributed by atoms with van der Waals surface area (Å²) < 4.78 is 5.60. The van der Waals surface area contributed by atoms with Gasteiger partial charge in [0.2, 0.25) is 0 Å². The lowest BCUT2D eigenvalue weighted by Gasteiger charge is -2.04. The Hall–Kier alpha value is -1.06. The van der Waals surface area contributed by atoms with Crippen molar-refractivity contribution in [1.29, 1.82) is 0 Å². The molecule has 16 heavy (non-hydrogen) atoms. The molecule has 84 valence electrons. The topological polar surface area (TPSA) is 22.1 Å². The van der Waals surface area contributed by atoms with Gasteiger partial charge in [0.05, 0.1) is 0 Å². The highest BCUT2D eigenvalue weighted by Crippen LogP contribution is 2.23. The van der Waals surface area contributed by atoms with Gasteiger partial charge in [-0.3, -0.25) is 0 Å². The van der Waals surface area contributed by atoms with Gasteiger partial charge >= 0.3 is 0 Å². The van der Waals surface area contributed by atoms with Gasteiger partial charge in [-0.15, -0.1) is 11.3 Å². The van der Waals surface area contributed by atoms with Crippen LogP contribution >= 0.6 is 22.9 Å². The van der Waals surface area contributed by atoms with Crippen LogP contribution in [-0.4, -0.2) is 4.98 Å². The Bertz CT molecular complexity index is 470. The first-order valence-electron chi connectivity index (χ1n) is 5.10. The molecule has 0 N–H and O–H groups in total. The minimum atomic E-state index is 0.412. The summed E-state index contributed by atoms with van der Waals surface area (Å²) >= 11 is 7.66. The van der Waals surface area contributed by atoms with Crippen LogP contribution in [-0.2, 0) is 13.0 Å². The van der Waals surface area contributed by atoms with E-state index >= 15 is 0 Å². The summed E-state index contributed by atoms with van der Waals surface area (Å²) in [5, 5.41) is 0.412. The van der Waals surface area contributed by atoms with E-state index in [1.165, 1.54) is 9.75 Å². The fourth-order valence-corrected chi connectivity index (χ4v) is 2.36. The van der Waals surface area contributed by atoms with Gasteiger partial charge in [-0.2, -0.15) is 0 Å². The SMILES string of the molecule is CCc1ccc(COc2cccnc2Cl)s1. The highest BCUT2D eigenvalue weighted by Gasteiger charge is 2.03. The van der Waals surface area contributed by atoms with E-state index in [0.717, 1.165) is 6.42 Å². The van der Waals surface area contributed by atoms with Crippen molar-refractivity contribution < 1.29 is 4.74 Å². The monoisotopic (exact) mass is 253 g/mol. The van der Waals surface area contributed by atoms with Crippen LogP contribution in [0.15, 0.2) is 30.5 Å². The number of thiophene rings is 1. The summed E-state index contributed by atoms with van der Waals surface area (Å²) in [5.74, 6) is 0.635. The largest absolute Gasteiger partial charge is 0.485 e. The zero-order valence-corrected chi connectivity index (χ0v) is 10.5. The van der Waals surface area contributed by atoms with E-state index in [4.69, 9.17) is 16.3 Å². The molecular formula is C12H12ClNOS. The average molecular weight is 254 g/mol. The van der Waals surface area contributed by atoms with Crippen LogP contribution in [0.2, 0.25) is 5.15 Å². The average Bonchev–Trinajstić information content (AvgIpc) is 2.76. The molecule has 0 bridgehead atoms. The number of hydrogen-bond acceptors (Lipinski definition) is 3. The lowest BCUT2D eigenvalue weighted by Crippen LogP contribution is -1.94. The third kappa shape index (κ3) is 2.74. The maximum absolute atomic E-state index is 5.89. The van der Waals surface area contributed by atoms with Gasteiger partial charge < -0.3 is 4.74 Å². The number of nitrogens with zero attached hydrogens (tertiary/aromatic N) is 1. The Morgan fingerprint density at radius 3 is 2.81 bits per heavy atom. The normalized spacial score (nSPS) is 10.4. The van der Waals surface area contributed by atoms with E-state index in [9.17, 15) is 0 Å². The van der Waals surface area contributed by atoms with Gasteiger partial charge in [-0.05, 0) is 30.7 Å². The van der Waals surface area contributed by atoms with Crippen LogP contribution in [0, 0.1) is 0 Å². The molecule has 2 aromatic heterocycles. The molecule has 0 aliphatic heterocycles. The van der Waals surface area contributed by atoms with Crippen LogP contribution < -0.4 is 4.74 Å².